The van der Waals surface area contributed by atoms with E-state index in [1.807, 2.05) is 6.07 Å². The fourth-order valence-electron chi connectivity index (χ4n) is 3.55. The quantitative estimate of drug-likeness (QED) is 0.752. The van der Waals surface area contributed by atoms with Crippen LogP contribution in [0.15, 0.2) is 23.4 Å². The molecule has 0 spiro atoms. The summed E-state index contributed by atoms with van der Waals surface area (Å²) in [6.07, 6.45) is 9.75. The minimum absolute atomic E-state index is 0.414. The van der Waals surface area contributed by atoms with Gasteiger partial charge in [-0.25, -0.2) is 4.98 Å². The smallest absolute Gasteiger partial charge is 0.250 e. The van der Waals surface area contributed by atoms with E-state index in [0.29, 0.717) is 5.56 Å². The van der Waals surface area contributed by atoms with Gasteiger partial charge in [-0.3, -0.25) is 4.79 Å². The van der Waals surface area contributed by atoms with Crippen LogP contribution in [0.25, 0.3) is 0 Å². The molecule has 2 atom stereocenters. The number of rotatable bonds is 7. The predicted molar refractivity (Wildman–Crippen MR) is 93.0 cm³/mol. The summed E-state index contributed by atoms with van der Waals surface area (Å²) in [5.41, 5.74) is 5.71. The zero-order valence-electron chi connectivity index (χ0n) is 13.8. The Morgan fingerprint density at radius 3 is 2.32 bits per heavy atom. The topological polar surface area (TPSA) is 56.0 Å². The van der Waals surface area contributed by atoms with Crippen molar-refractivity contribution in [1.29, 1.82) is 0 Å². The Balaban J connectivity index is 1.78. The Morgan fingerprint density at radius 1 is 1.18 bits per heavy atom. The van der Waals surface area contributed by atoms with Crippen molar-refractivity contribution in [3.63, 3.8) is 0 Å². The lowest BCUT2D eigenvalue weighted by molar-refractivity contribution is 0.1000. The molecule has 0 bridgehead atoms. The van der Waals surface area contributed by atoms with Crippen LogP contribution >= 0.6 is 11.8 Å². The van der Waals surface area contributed by atoms with E-state index in [1.54, 1.807) is 24.0 Å². The molecule has 1 fully saturated rings. The maximum absolute atomic E-state index is 11.0. The Kier molecular flexibility index (Phi) is 6.74. The van der Waals surface area contributed by atoms with Crippen LogP contribution in [0, 0.1) is 17.8 Å². The molecule has 0 aliphatic heterocycles. The van der Waals surface area contributed by atoms with Crippen LogP contribution in [0.3, 0.4) is 0 Å². The van der Waals surface area contributed by atoms with Crippen LogP contribution in [0.1, 0.15) is 62.7 Å². The van der Waals surface area contributed by atoms with Crippen molar-refractivity contribution >= 4 is 17.7 Å². The summed E-state index contributed by atoms with van der Waals surface area (Å²) < 4.78 is 0. The molecule has 2 N–H and O–H groups in total. The monoisotopic (exact) mass is 320 g/mol. The number of carbonyl (C=O) groups is 1. The molecule has 3 nitrogen and oxygen atoms in total. The second-order valence-electron chi connectivity index (χ2n) is 6.51. The van der Waals surface area contributed by atoms with E-state index in [-0.39, 0.29) is 0 Å². The maximum atomic E-state index is 11.0. The third kappa shape index (κ3) is 5.01. The Bertz CT molecular complexity index is 462. The number of primary amides is 1. The van der Waals surface area contributed by atoms with Gasteiger partial charge in [-0.1, -0.05) is 26.7 Å². The van der Waals surface area contributed by atoms with Gasteiger partial charge in [-0.05, 0) is 61.3 Å². The number of carbonyl (C=O) groups excluding carboxylic acids is 1. The predicted octanol–water partition coefficient (Wildman–Crippen LogP) is 4.52. The van der Waals surface area contributed by atoms with Crippen molar-refractivity contribution in [3.8, 4) is 0 Å². The average Bonchev–Trinajstić information content (AvgIpc) is 2.55. The van der Waals surface area contributed by atoms with Gasteiger partial charge in [0.2, 0.25) is 5.91 Å². The van der Waals surface area contributed by atoms with Crippen molar-refractivity contribution in [2.75, 3.05) is 5.75 Å². The van der Waals surface area contributed by atoms with E-state index in [0.717, 1.165) is 28.5 Å². The molecule has 22 heavy (non-hydrogen) atoms. The Hall–Kier alpha value is -1.03. The van der Waals surface area contributed by atoms with Crippen molar-refractivity contribution in [2.24, 2.45) is 23.5 Å². The van der Waals surface area contributed by atoms with E-state index in [4.69, 9.17) is 5.73 Å². The van der Waals surface area contributed by atoms with Gasteiger partial charge >= 0.3 is 0 Å². The first kappa shape index (κ1) is 17.3. The summed E-state index contributed by atoms with van der Waals surface area (Å²) in [5.74, 6) is 3.44. The first-order valence-electron chi connectivity index (χ1n) is 8.51. The average molecular weight is 321 g/mol. The Morgan fingerprint density at radius 2 is 1.82 bits per heavy atom. The summed E-state index contributed by atoms with van der Waals surface area (Å²) in [5, 5.41) is 0.986. The molecule has 1 aromatic heterocycles. The number of hydrogen-bond donors (Lipinski definition) is 1. The van der Waals surface area contributed by atoms with Gasteiger partial charge in [0.05, 0.1) is 10.6 Å². The highest BCUT2D eigenvalue weighted by molar-refractivity contribution is 7.99. The number of nitrogens with zero attached hydrogens (tertiary/aromatic N) is 1. The van der Waals surface area contributed by atoms with Gasteiger partial charge in [0.25, 0.3) is 0 Å². The van der Waals surface area contributed by atoms with Crippen molar-refractivity contribution in [2.45, 2.75) is 57.4 Å². The molecule has 122 valence electrons. The molecular formula is C18H28N2OS. The zero-order chi connectivity index (χ0) is 15.9. The molecule has 0 saturated heterocycles. The molecule has 1 aliphatic rings. The molecular weight excluding hydrogens is 292 g/mol. The van der Waals surface area contributed by atoms with Crippen LogP contribution < -0.4 is 5.73 Å². The number of nitrogens with two attached hydrogens (primary N) is 1. The normalized spacial score (nSPS) is 25.1. The van der Waals surface area contributed by atoms with Gasteiger partial charge in [0.1, 0.15) is 0 Å². The lowest BCUT2D eigenvalue weighted by atomic mass is 9.72. The Labute approximate surface area is 138 Å². The van der Waals surface area contributed by atoms with Crippen molar-refractivity contribution < 1.29 is 4.79 Å². The summed E-state index contributed by atoms with van der Waals surface area (Å²) in [6.45, 7) is 4.66. The highest BCUT2D eigenvalue weighted by Crippen LogP contribution is 2.38. The summed E-state index contributed by atoms with van der Waals surface area (Å²) in [6, 6.07) is 3.66. The summed E-state index contributed by atoms with van der Waals surface area (Å²) >= 11 is 1.79. The van der Waals surface area contributed by atoms with E-state index < -0.39 is 5.91 Å². The van der Waals surface area contributed by atoms with Gasteiger partial charge in [0, 0.05) is 6.20 Å². The lowest BCUT2D eigenvalue weighted by Gasteiger charge is -2.34. The fourth-order valence-corrected chi connectivity index (χ4v) is 4.50. The number of pyridine rings is 1. The van der Waals surface area contributed by atoms with Gasteiger partial charge < -0.3 is 5.73 Å². The lowest BCUT2D eigenvalue weighted by Crippen LogP contribution is -2.22. The van der Waals surface area contributed by atoms with Gasteiger partial charge in [-0.15, -0.1) is 11.8 Å². The van der Waals surface area contributed by atoms with Crippen LogP contribution in [0.5, 0.6) is 0 Å². The van der Waals surface area contributed by atoms with E-state index in [9.17, 15) is 4.79 Å². The molecule has 2 rings (SSSR count). The van der Waals surface area contributed by atoms with Crippen LogP contribution in [-0.2, 0) is 0 Å². The minimum Gasteiger partial charge on any atom is -0.366 e. The molecule has 2 unspecified atom stereocenters. The minimum atomic E-state index is -0.414. The van der Waals surface area contributed by atoms with E-state index >= 15 is 0 Å². The number of hydrogen-bond acceptors (Lipinski definition) is 3. The molecule has 1 amide bonds. The van der Waals surface area contributed by atoms with E-state index in [1.165, 1.54) is 38.5 Å². The number of amides is 1. The highest BCUT2D eigenvalue weighted by Gasteiger charge is 2.26. The van der Waals surface area contributed by atoms with Gasteiger partial charge in [0.15, 0.2) is 0 Å². The SMILES string of the molecule is CCC1CC(CC)CC(CCSc2ccc(C(N)=O)cn2)C1. The van der Waals surface area contributed by atoms with Gasteiger partial charge in [-0.2, -0.15) is 0 Å². The first-order chi connectivity index (χ1) is 10.6. The zero-order valence-corrected chi connectivity index (χ0v) is 14.6. The largest absolute Gasteiger partial charge is 0.366 e. The second-order valence-corrected chi connectivity index (χ2v) is 7.62. The highest BCUT2D eigenvalue weighted by atomic mass is 32.2. The molecule has 0 radical (unpaired) electrons. The molecule has 1 saturated carbocycles. The first-order valence-corrected chi connectivity index (χ1v) is 9.49. The standard InChI is InChI=1S/C18H28N2OS/c1-3-13-9-14(4-2)11-15(10-13)7-8-22-17-6-5-16(12-20-17)18(19)21/h5-6,12-15H,3-4,7-11H2,1-2H3,(H2,19,21). The van der Waals surface area contributed by atoms with Crippen molar-refractivity contribution in [1.82, 2.24) is 4.98 Å². The third-order valence-electron chi connectivity index (χ3n) is 4.95. The molecule has 4 heteroatoms. The number of thioether (sulfide) groups is 1. The molecule has 0 aromatic carbocycles. The van der Waals surface area contributed by atoms with Crippen LogP contribution in [0.4, 0.5) is 0 Å². The molecule has 1 aliphatic carbocycles. The molecule has 1 aromatic rings. The summed E-state index contributed by atoms with van der Waals surface area (Å²) in [7, 11) is 0. The molecule has 1 heterocycles. The second kappa shape index (κ2) is 8.56. The van der Waals surface area contributed by atoms with Crippen LogP contribution in [0.2, 0.25) is 0 Å². The van der Waals surface area contributed by atoms with Crippen molar-refractivity contribution in [3.05, 3.63) is 23.9 Å². The summed E-state index contributed by atoms with van der Waals surface area (Å²) in [4.78, 5) is 15.3. The van der Waals surface area contributed by atoms with Crippen LogP contribution in [-0.4, -0.2) is 16.6 Å². The fraction of sp³-hybridized carbons (Fsp3) is 0.667. The third-order valence-corrected chi connectivity index (χ3v) is 5.93. The van der Waals surface area contributed by atoms with E-state index in [2.05, 4.69) is 18.8 Å². The number of aromatic nitrogens is 1. The maximum Gasteiger partial charge on any atom is 0.250 e.